The average molecular weight is 491 g/mol. The molecule has 1 aliphatic carbocycles. The van der Waals surface area contributed by atoms with E-state index in [4.69, 9.17) is 4.74 Å². The summed E-state index contributed by atoms with van der Waals surface area (Å²) < 4.78 is 32.8. The molecule has 0 bridgehead atoms. The molecule has 1 atom stereocenters. The molecule has 1 aromatic carbocycles. The maximum atomic E-state index is 13.0. The molecule has 0 radical (unpaired) electrons. The number of fused-ring (bicyclic) bond motifs is 1. The summed E-state index contributed by atoms with van der Waals surface area (Å²) in [6, 6.07) is 6.22. The average Bonchev–Trinajstić information content (AvgIpc) is 3.01. The molecule has 2 heterocycles. The summed E-state index contributed by atoms with van der Waals surface area (Å²) in [7, 11) is -3.61. The fourth-order valence-electron chi connectivity index (χ4n) is 4.42. The lowest BCUT2D eigenvalue weighted by atomic mass is 9.88. The Balaban J connectivity index is 1.36. The minimum atomic E-state index is -3.61. The van der Waals surface area contributed by atoms with Gasteiger partial charge in [-0.2, -0.15) is 4.31 Å². The third-order valence-electron chi connectivity index (χ3n) is 6.28. The number of benzene rings is 1. The Hall–Kier alpha value is -2.23. The van der Waals surface area contributed by atoms with E-state index in [-0.39, 0.29) is 4.90 Å². The number of hydrogen-bond acceptors (Lipinski definition) is 6. The quantitative estimate of drug-likeness (QED) is 0.612. The molecule has 2 aromatic rings. The highest BCUT2D eigenvalue weighted by atomic mass is 32.2. The maximum absolute atomic E-state index is 13.0. The van der Waals surface area contributed by atoms with Crippen LogP contribution in [0.15, 0.2) is 34.5 Å². The largest absolute Gasteiger partial charge is 0.452 e. The second kappa shape index (κ2) is 10.4. The number of ether oxygens (including phenoxy) is 1. The van der Waals surface area contributed by atoms with Gasteiger partial charge in [-0.15, -0.1) is 11.3 Å². The lowest BCUT2D eigenvalue weighted by molar-refractivity contribution is -0.119. The van der Waals surface area contributed by atoms with Crippen LogP contribution in [0, 0.1) is 5.92 Å². The van der Waals surface area contributed by atoms with Gasteiger partial charge in [0.2, 0.25) is 10.0 Å². The number of nitrogens with zero attached hydrogens (tertiary/aromatic N) is 1. The van der Waals surface area contributed by atoms with Gasteiger partial charge < -0.3 is 10.1 Å². The van der Waals surface area contributed by atoms with E-state index in [0.717, 1.165) is 50.5 Å². The summed E-state index contributed by atoms with van der Waals surface area (Å²) in [6.07, 6.45) is 6.66. The standard InChI is InChI=1S/C24H30N2O5S2/c1-17-9-10-20-21(16-32-22(20)13-17)24(28)31-15-23(27)25-18-7-6-8-19(14-18)33(29,30)26-11-4-2-3-5-12-26/h6-8,14,16-17H,2-5,9-13,15H2,1H3,(H,25,27)/t17-/m0/s1. The van der Waals surface area contributed by atoms with Gasteiger partial charge in [0.25, 0.3) is 5.91 Å². The Morgan fingerprint density at radius 2 is 1.94 bits per heavy atom. The number of carbonyl (C=O) groups is 2. The molecule has 33 heavy (non-hydrogen) atoms. The first kappa shape index (κ1) is 23.9. The van der Waals surface area contributed by atoms with Gasteiger partial charge >= 0.3 is 5.97 Å². The van der Waals surface area contributed by atoms with Crippen LogP contribution in [0.25, 0.3) is 0 Å². The molecule has 1 amide bonds. The molecule has 1 fully saturated rings. The Bertz CT molecular complexity index is 1120. The molecule has 4 rings (SSSR count). The predicted octanol–water partition coefficient (Wildman–Crippen LogP) is 4.23. The number of esters is 1. The summed E-state index contributed by atoms with van der Waals surface area (Å²) in [5, 5.41) is 4.46. The van der Waals surface area contributed by atoms with E-state index in [0.29, 0.717) is 30.3 Å². The molecule has 1 saturated heterocycles. The summed E-state index contributed by atoms with van der Waals surface area (Å²) in [6.45, 7) is 2.81. The van der Waals surface area contributed by atoms with Crippen molar-refractivity contribution in [3.05, 3.63) is 45.6 Å². The van der Waals surface area contributed by atoms with Crippen molar-refractivity contribution in [2.75, 3.05) is 25.0 Å². The number of anilines is 1. The van der Waals surface area contributed by atoms with Crippen LogP contribution < -0.4 is 5.32 Å². The smallest absolute Gasteiger partial charge is 0.339 e. The monoisotopic (exact) mass is 490 g/mol. The first-order chi connectivity index (χ1) is 15.8. The van der Waals surface area contributed by atoms with Gasteiger partial charge in [0.15, 0.2) is 6.61 Å². The highest BCUT2D eigenvalue weighted by Gasteiger charge is 2.26. The molecule has 178 valence electrons. The highest BCUT2D eigenvalue weighted by molar-refractivity contribution is 7.89. The van der Waals surface area contributed by atoms with Crippen molar-refractivity contribution in [1.29, 1.82) is 0 Å². The van der Waals surface area contributed by atoms with Crippen LogP contribution in [0.2, 0.25) is 0 Å². The van der Waals surface area contributed by atoms with Gasteiger partial charge in [-0.05, 0) is 61.8 Å². The lowest BCUT2D eigenvalue weighted by Gasteiger charge is -2.20. The first-order valence-electron chi connectivity index (χ1n) is 11.5. The topological polar surface area (TPSA) is 92.8 Å². The maximum Gasteiger partial charge on any atom is 0.339 e. The van der Waals surface area contributed by atoms with Gasteiger partial charge in [0.1, 0.15) is 0 Å². The molecule has 0 spiro atoms. The van der Waals surface area contributed by atoms with E-state index in [9.17, 15) is 18.0 Å². The van der Waals surface area contributed by atoms with Crippen LogP contribution in [0.1, 0.15) is 59.8 Å². The summed E-state index contributed by atoms with van der Waals surface area (Å²) in [5.74, 6) is -0.384. The third kappa shape index (κ3) is 5.65. The number of hydrogen-bond donors (Lipinski definition) is 1. The van der Waals surface area contributed by atoms with E-state index in [1.54, 1.807) is 23.5 Å². The third-order valence-corrected chi connectivity index (χ3v) is 9.22. The molecular formula is C24H30N2O5S2. The minimum Gasteiger partial charge on any atom is -0.452 e. The van der Waals surface area contributed by atoms with Crippen molar-refractivity contribution in [1.82, 2.24) is 4.31 Å². The molecule has 7 nitrogen and oxygen atoms in total. The second-order valence-corrected chi connectivity index (χ2v) is 11.8. The van der Waals surface area contributed by atoms with E-state index in [2.05, 4.69) is 12.2 Å². The van der Waals surface area contributed by atoms with Gasteiger partial charge in [-0.3, -0.25) is 4.79 Å². The van der Waals surface area contributed by atoms with Crippen LogP contribution in [0.3, 0.4) is 0 Å². The van der Waals surface area contributed by atoms with Crippen LogP contribution in [-0.4, -0.2) is 44.3 Å². The van der Waals surface area contributed by atoms with Crippen LogP contribution >= 0.6 is 11.3 Å². The Morgan fingerprint density at radius 3 is 2.70 bits per heavy atom. The van der Waals surface area contributed by atoms with E-state index in [1.165, 1.54) is 21.3 Å². The Morgan fingerprint density at radius 1 is 1.18 bits per heavy atom. The molecule has 0 unspecified atom stereocenters. The SMILES string of the molecule is C[C@H]1CCc2c(C(=O)OCC(=O)Nc3cccc(S(=O)(=O)N4CCCCCC4)c3)csc2C1. The fraction of sp³-hybridized carbons (Fsp3) is 0.500. The minimum absolute atomic E-state index is 0.151. The van der Waals surface area contributed by atoms with Crippen molar-refractivity contribution in [3.8, 4) is 0 Å². The van der Waals surface area contributed by atoms with Crippen LogP contribution in [0.4, 0.5) is 5.69 Å². The van der Waals surface area contributed by atoms with E-state index < -0.39 is 28.5 Å². The lowest BCUT2D eigenvalue weighted by Crippen LogP contribution is -2.32. The van der Waals surface area contributed by atoms with E-state index in [1.807, 2.05) is 5.38 Å². The molecule has 2 aliphatic rings. The van der Waals surface area contributed by atoms with Crippen molar-refractivity contribution >= 4 is 38.9 Å². The van der Waals surface area contributed by atoms with Gasteiger partial charge in [0.05, 0.1) is 10.5 Å². The zero-order valence-electron chi connectivity index (χ0n) is 18.8. The summed E-state index contributed by atoms with van der Waals surface area (Å²) >= 11 is 1.58. The van der Waals surface area contributed by atoms with Crippen molar-refractivity contribution in [2.24, 2.45) is 5.92 Å². The number of nitrogens with one attached hydrogen (secondary N) is 1. The van der Waals surface area contributed by atoms with Gasteiger partial charge in [0, 0.05) is 29.0 Å². The Kier molecular flexibility index (Phi) is 7.51. The number of carbonyl (C=O) groups excluding carboxylic acids is 2. The number of thiophene rings is 1. The molecular weight excluding hydrogens is 460 g/mol. The first-order valence-corrected chi connectivity index (χ1v) is 13.8. The van der Waals surface area contributed by atoms with E-state index >= 15 is 0 Å². The Labute approximate surface area is 199 Å². The van der Waals surface area contributed by atoms with Crippen molar-refractivity contribution < 1.29 is 22.7 Å². The normalized spacial score (nSPS) is 19.4. The molecule has 0 saturated carbocycles. The zero-order valence-corrected chi connectivity index (χ0v) is 20.5. The number of sulfonamides is 1. The molecule has 1 N–H and O–H groups in total. The predicted molar refractivity (Wildman–Crippen MR) is 128 cm³/mol. The number of amides is 1. The molecule has 1 aromatic heterocycles. The van der Waals surface area contributed by atoms with Crippen molar-refractivity contribution in [3.63, 3.8) is 0 Å². The van der Waals surface area contributed by atoms with Gasteiger partial charge in [-0.25, -0.2) is 13.2 Å². The van der Waals surface area contributed by atoms with Crippen molar-refractivity contribution in [2.45, 2.75) is 56.8 Å². The van der Waals surface area contributed by atoms with Gasteiger partial charge in [-0.1, -0.05) is 25.8 Å². The molecule has 9 heteroatoms. The summed E-state index contributed by atoms with van der Waals surface area (Å²) in [4.78, 5) is 26.3. The zero-order chi connectivity index (χ0) is 23.4. The fourth-order valence-corrected chi connectivity index (χ4v) is 7.22. The number of rotatable bonds is 6. The second-order valence-electron chi connectivity index (χ2n) is 8.87. The van der Waals surface area contributed by atoms with Crippen LogP contribution in [0.5, 0.6) is 0 Å². The van der Waals surface area contributed by atoms with Crippen LogP contribution in [-0.2, 0) is 32.4 Å². The summed E-state index contributed by atoms with van der Waals surface area (Å²) in [5.41, 5.74) is 1.96. The molecule has 1 aliphatic heterocycles. The highest BCUT2D eigenvalue weighted by Crippen LogP contribution is 2.33.